The second kappa shape index (κ2) is 5.16. The molecule has 1 aliphatic carbocycles. The maximum Gasteiger partial charge on any atom is 0.128 e. The highest BCUT2D eigenvalue weighted by atomic mass is 19.1. The third-order valence-corrected chi connectivity index (χ3v) is 4.28. The summed E-state index contributed by atoms with van der Waals surface area (Å²) in [5, 5.41) is 24.6. The van der Waals surface area contributed by atoms with E-state index in [4.69, 9.17) is 16.1 Å². The maximum absolute atomic E-state index is 14.2. The highest BCUT2D eigenvalue weighted by Crippen LogP contribution is 2.43. The number of nitrogens with one attached hydrogen (secondary N) is 2. The van der Waals surface area contributed by atoms with Gasteiger partial charge in [-0.1, -0.05) is 19.9 Å². The lowest BCUT2D eigenvalue weighted by atomic mass is 9.64. The van der Waals surface area contributed by atoms with E-state index in [9.17, 15) is 4.39 Å². The van der Waals surface area contributed by atoms with Gasteiger partial charge in [-0.05, 0) is 36.5 Å². The summed E-state index contributed by atoms with van der Waals surface area (Å²) in [7, 11) is 0. The highest BCUT2D eigenvalue weighted by Gasteiger charge is 2.40. The molecule has 1 fully saturated rings. The van der Waals surface area contributed by atoms with Crippen LogP contribution in [0.1, 0.15) is 43.7 Å². The number of hydrogen-bond acceptors (Lipinski definition) is 3. The molecule has 0 saturated heterocycles. The molecule has 2 atom stereocenters. The Kier molecular flexibility index (Phi) is 3.71. The summed E-state index contributed by atoms with van der Waals surface area (Å²) < 4.78 is 14.2. The number of hydrogen-bond donors (Lipinski definition) is 2. The molecular weight excluding hydrogens is 253 g/mol. The molecule has 104 valence electrons. The Bertz CT molecular complexity index is 598. The molecule has 0 heterocycles. The molecule has 0 amide bonds. The van der Waals surface area contributed by atoms with E-state index in [1.165, 1.54) is 12.3 Å². The van der Waals surface area contributed by atoms with Crippen LogP contribution in [0.15, 0.2) is 18.2 Å². The van der Waals surface area contributed by atoms with E-state index >= 15 is 0 Å². The van der Waals surface area contributed by atoms with Crippen LogP contribution in [0.25, 0.3) is 0 Å². The van der Waals surface area contributed by atoms with E-state index in [1.807, 2.05) is 19.9 Å². The van der Waals surface area contributed by atoms with Gasteiger partial charge in [-0.25, -0.2) is 4.39 Å². The first-order valence-corrected chi connectivity index (χ1v) is 6.70. The Morgan fingerprint density at radius 3 is 2.70 bits per heavy atom. The van der Waals surface area contributed by atoms with E-state index in [0.717, 1.165) is 12.8 Å². The molecular formula is C16H18FN3. The van der Waals surface area contributed by atoms with Crippen LogP contribution in [0, 0.1) is 39.3 Å². The van der Waals surface area contributed by atoms with Crippen LogP contribution in [0.2, 0.25) is 0 Å². The Hall–Kier alpha value is -2.02. The van der Waals surface area contributed by atoms with Crippen LogP contribution < -0.4 is 0 Å². The molecule has 0 aliphatic heterocycles. The van der Waals surface area contributed by atoms with Gasteiger partial charge < -0.3 is 10.8 Å². The minimum absolute atomic E-state index is 0.180. The number of nitrogens with zero attached hydrogens (tertiary/aromatic N) is 1. The summed E-state index contributed by atoms with van der Waals surface area (Å²) in [5.74, 6) is -0.949. The average Bonchev–Trinajstić information content (AvgIpc) is 2.42. The van der Waals surface area contributed by atoms with Gasteiger partial charge in [0.1, 0.15) is 5.82 Å². The average molecular weight is 271 g/mol. The Balaban J connectivity index is 2.40. The first-order chi connectivity index (χ1) is 9.40. The summed E-state index contributed by atoms with van der Waals surface area (Å²) in [6.45, 7) is 3.99. The Labute approximate surface area is 118 Å². The summed E-state index contributed by atoms with van der Waals surface area (Å²) in [6, 6.07) is 6.38. The quantitative estimate of drug-likeness (QED) is 0.787. The van der Waals surface area contributed by atoms with Crippen LogP contribution in [0.3, 0.4) is 0 Å². The lowest BCUT2D eigenvalue weighted by Crippen LogP contribution is -2.40. The molecule has 0 spiro atoms. The zero-order valence-corrected chi connectivity index (χ0v) is 11.7. The molecule has 4 heteroatoms. The van der Waals surface area contributed by atoms with Gasteiger partial charge in [0.2, 0.25) is 0 Å². The second-order valence-corrected chi connectivity index (χ2v) is 5.98. The predicted octanol–water partition coefficient (Wildman–Crippen LogP) is 3.89. The van der Waals surface area contributed by atoms with E-state index < -0.39 is 5.82 Å². The van der Waals surface area contributed by atoms with Crippen LogP contribution in [0.4, 0.5) is 4.39 Å². The lowest BCUT2D eigenvalue weighted by molar-refractivity contribution is 0.353. The van der Waals surface area contributed by atoms with Gasteiger partial charge in [-0.3, -0.25) is 0 Å². The highest BCUT2D eigenvalue weighted by molar-refractivity contribution is 6.01. The second-order valence-electron chi connectivity index (χ2n) is 5.98. The number of rotatable bonds is 2. The Morgan fingerprint density at radius 2 is 2.15 bits per heavy atom. The fourth-order valence-corrected chi connectivity index (χ4v) is 2.93. The molecule has 0 bridgehead atoms. The first-order valence-electron chi connectivity index (χ1n) is 6.70. The van der Waals surface area contributed by atoms with Crippen molar-refractivity contribution in [3.8, 4) is 6.07 Å². The van der Waals surface area contributed by atoms with Gasteiger partial charge in [-0.2, -0.15) is 5.26 Å². The fourth-order valence-electron chi connectivity index (χ4n) is 2.93. The minimum atomic E-state index is -0.409. The summed E-state index contributed by atoms with van der Waals surface area (Å²) in [4.78, 5) is 0. The van der Waals surface area contributed by atoms with Crippen molar-refractivity contribution in [2.75, 3.05) is 0 Å². The monoisotopic (exact) mass is 271 g/mol. The van der Waals surface area contributed by atoms with Crippen LogP contribution in [-0.2, 0) is 0 Å². The maximum atomic E-state index is 14.2. The zero-order chi connectivity index (χ0) is 14.9. The van der Waals surface area contributed by atoms with E-state index in [1.54, 1.807) is 12.1 Å². The molecule has 20 heavy (non-hydrogen) atoms. The van der Waals surface area contributed by atoms with Crippen molar-refractivity contribution in [2.24, 2.45) is 11.3 Å². The van der Waals surface area contributed by atoms with Crippen molar-refractivity contribution in [1.29, 1.82) is 16.1 Å². The Morgan fingerprint density at radius 1 is 1.45 bits per heavy atom. The number of halogens is 1. The molecule has 1 saturated carbocycles. The summed E-state index contributed by atoms with van der Waals surface area (Å²) in [5.41, 5.74) is 1.07. The lowest BCUT2D eigenvalue weighted by Gasteiger charge is -2.40. The van der Waals surface area contributed by atoms with Gasteiger partial charge in [-0.15, -0.1) is 0 Å². The van der Waals surface area contributed by atoms with Gasteiger partial charge in [0, 0.05) is 23.3 Å². The third-order valence-electron chi connectivity index (χ3n) is 4.28. The predicted molar refractivity (Wildman–Crippen MR) is 76.9 cm³/mol. The molecule has 3 nitrogen and oxygen atoms in total. The summed E-state index contributed by atoms with van der Waals surface area (Å²) in [6.07, 6.45) is 2.81. The molecule has 0 radical (unpaired) electrons. The van der Waals surface area contributed by atoms with E-state index in [-0.39, 0.29) is 17.3 Å². The molecule has 1 aromatic carbocycles. The van der Waals surface area contributed by atoms with Gasteiger partial charge in [0.05, 0.1) is 11.6 Å². The molecule has 2 N–H and O–H groups in total. The van der Waals surface area contributed by atoms with Crippen LogP contribution in [0.5, 0.6) is 0 Å². The summed E-state index contributed by atoms with van der Waals surface area (Å²) >= 11 is 0. The zero-order valence-electron chi connectivity index (χ0n) is 11.7. The van der Waals surface area contributed by atoms with Gasteiger partial charge in [0.25, 0.3) is 0 Å². The largest absolute Gasteiger partial charge is 0.312 e. The van der Waals surface area contributed by atoms with E-state index in [2.05, 4.69) is 0 Å². The first kappa shape index (κ1) is 14.4. The van der Waals surface area contributed by atoms with Crippen LogP contribution in [-0.4, -0.2) is 11.9 Å². The fraction of sp³-hybridized carbons (Fsp3) is 0.438. The smallest absolute Gasteiger partial charge is 0.128 e. The molecule has 2 rings (SSSR count). The van der Waals surface area contributed by atoms with Crippen molar-refractivity contribution in [3.63, 3.8) is 0 Å². The van der Waals surface area contributed by atoms with Gasteiger partial charge >= 0.3 is 0 Å². The standard InChI is InChI=1S/C16H18FN3/c1-16(2)6-5-11(13(9-19)15(16)20)12-4-3-10(8-18)7-14(12)17/h3-4,7,9,11,13,19-20H,5-6H2,1-2H3. The SMILES string of the molecule is CC1(C)CCC(c2ccc(C#N)cc2F)C(C=N)C1=N. The van der Waals surface area contributed by atoms with Gasteiger partial charge in [0.15, 0.2) is 0 Å². The minimum Gasteiger partial charge on any atom is -0.312 e. The van der Waals surface area contributed by atoms with Crippen molar-refractivity contribution in [2.45, 2.75) is 32.6 Å². The van der Waals surface area contributed by atoms with Crippen molar-refractivity contribution < 1.29 is 4.39 Å². The molecule has 1 aromatic rings. The van der Waals surface area contributed by atoms with Crippen molar-refractivity contribution in [3.05, 3.63) is 35.1 Å². The third kappa shape index (κ3) is 2.36. The molecule has 1 aliphatic rings. The molecule has 0 aromatic heterocycles. The van der Waals surface area contributed by atoms with Crippen molar-refractivity contribution in [1.82, 2.24) is 0 Å². The number of nitriles is 1. The normalized spacial score (nSPS) is 25.0. The molecule has 2 unspecified atom stereocenters. The number of benzene rings is 1. The topological polar surface area (TPSA) is 71.5 Å². The van der Waals surface area contributed by atoms with Crippen molar-refractivity contribution >= 4 is 11.9 Å². The van der Waals surface area contributed by atoms with Crippen LogP contribution >= 0.6 is 0 Å². The van der Waals surface area contributed by atoms with E-state index in [0.29, 0.717) is 16.8 Å².